The Bertz CT molecular complexity index is 1550. The molecule has 5 nitrogen and oxygen atoms in total. The van der Waals surface area contributed by atoms with Crippen LogP contribution in [-0.4, -0.2) is 24.2 Å². The highest BCUT2D eigenvalue weighted by atomic mass is 16.5. The van der Waals surface area contributed by atoms with Crippen LogP contribution in [0.4, 0.5) is 0 Å². The van der Waals surface area contributed by atoms with Gasteiger partial charge in [-0.1, -0.05) is 72.8 Å². The first-order valence-corrected chi connectivity index (χ1v) is 10.7. The van der Waals surface area contributed by atoms with Gasteiger partial charge in [-0.15, -0.1) is 0 Å². The molecule has 0 aliphatic rings. The number of hydrogen-bond donors (Lipinski definition) is 1. The normalized spacial score (nSPS) is 10.9. The van der Waals surface area contributed by atoms with Gasteiger partial charge in [-0.2, -0.15) is 0 Å². The highest BCUT2D eigenvalue weighted by Gasteiger charge is 2.24. The fourth-order valence-electron chi connectivity index (χ4n) is 4.18. The largest absolute Gasteiger partial charge is 0.506 e. The van der Waals surface area contributed by atoms with Crippen molar-refractivity contribution in [3.05, 3.63) is 108 Å². The van der Waals surface area contributed by atoms with Crippen molar-refractivity contribution in [3.8, 4) is 22.6 Å². The molecule has 0 aliphatic carbocycles. The lowest BCUT2D eigenvalue weighted by Crippen LogP contribution is -2.09. The summed E-state index contributed by atoms with van der Waals surface area (Å²) in [5.41, 5.74) is 1.34. The van der Waals surface area contributed by atoms with Crippen molar-refractivity contribution in [2.24, 2.45) is 0 Å². The van der Waals surface area contributed by atoms with Gasteiger partial charge in [0, 0.05) is 11.1 Å². The van der Waals surface area contributed by atoms with Crippen molar-refractivity contribution in [1.29, 1.82) is 0 Å². The minimum atomic E-state index is -0.660. The molecule has 0 aliphatic heterocycles. The van der Waals surface area contributed by atoms with Crippen LogP contribution in [0.1, 0.15) is 20.7 Å². The van der Waals surface area contributed by atoms with Crippen LogP contribution < -0.4 is 4.74 Å². The predicted molar refractivity (Wildman–Crippen MR) is 131 cm³/mol. The Balaban J connectivity index is 1.83. The Morgan fingerprint density at radius 1 is 0.676 bits per heavy atom. The van der Waals surface area contributed by atoms with Gasteiger partial charge < -0.3 is 14.6 Å². The average Bonchev–Trinajstić information content (AvgIpc) is 2.89. The summed E-state index contributed by atoms with van der Waals surface area (Å²) in [6.45, 7) is 0. The molecule has 0 aromatic heterocycles. The molecule has 0 heterocycles. The molecule has 0 saturated carbocycles. The van der Waals surface area contributed by atoms with E-state index in [4.69, 9.17) is 9.47 Å². The third-order valence-electron chi connectivity index (χ3n) is 5.78. The van der Waals surface area contributed by atoms with E-state index in [2.05, 4.69) is 0 Å². The minimum absolute atomic E-state index is 0.0319. The Labute approximate surface area is 195 Å². The number of rotatable bonds is 4. The Hall–Kier alpha value is -4.64. The smallest absolute Gasteiger partial charge is 0.343 e. The van der Waals surface area contributed by atoms with Gasteiger partial charge in [0.15, 0.2) is 0 Å². The summed E-state index contributed by atoms with van der Waals surface area (Å²) >= 11 is 0. The molecule has 5 heteroatoms. The number of phenols is 1. The first-order valence-electron chi connectivity index (χ1n) is 10.7. The molecule has 0 amide bonds. The van der Waals surface area contributed by atoms with Crippen molar-refractivity contribution in [1.82, 2.24) is 0 Å². The lowest BCUT2D eigenvalue weighted by atomic mass is 9.90. The average molecular weight is 448 g/mol. The van der Waals surface area contributed by atoms with Crippen molar-refractivity contribution >= 4 is 33.5 Å². The van der Waals surface area contributed by atoms with E-state index in [1.54, 1.807) is 36.4 Å². The van der Waals surface area contributed by atoms with Gasteiger partial charge in [-0.3, -0.25) is 0 Å². The maximum absolute atomic E-state index is 12.9. The van der Waals surface area contributed by atoms with Crippen LogP contribution in [0.3, 0.4) is 0 Å². The minimum Gasteiger partial charge on any atom is -0.506 e. The van der Waals surface area contributed by atoms with E-state index < -0.39 is 11.9 Å². The van der Waals surface area contributed by atoms with Gasteiger partial charge >= 0.3 is 11.9 Å². The van der Waals surface area contributed by atoms with Crippen LogP contribution in [0.2, 0.25) is 0 Å². The summed E-state index contributed by atoms with van der Waals surface area (Å²) < 4.78 is 10.8. The molecule has 0 spiro atoms. The van der Waals surface area contributed by atoms with Crippen LogP contribution >= 0.6 is 0 Å². The second-order valence-electron chi connectivity index (χ2n) is 7.78. The van der Waals surface area contributed by atoms with Crippen LogP contribution in [-0.2, 0) is 4.74 Å². The highest BCUT2D eigenvalue weighted by Crippen LogP contribution is 2.46. The van der Waals surface area contributed by atoms with Crippen LogP contribution in [0.15, 0.2) is 97.1 Å². The van der Waals surface area contributed by atoms with Crippen LogP contribution in [0.5, 0.6) is 11.5 Å². The topological polar surface area (TPSA) is 72.8 Å². The maximum Gasteiger partial charge on any atom is 0.343 e. The number of fused-ring (bicyclic) bond motifs is 2. The van der Waals surface area contributed by atoms with Gasteiger partial charge in [0.25, 0.3) is 0 Å². The molecular weight excluding hydrogens is 428 g/mol. The maximum atomic E-state index is 12.9. The van der Waals surface area contributed by atoms with Crippen molar-refractivity contribution < 1.29 is 24.2 Å². The SMILES string of the molecule is COC(=O)c1cc2ccccc2c(-c2c(OC(=O)c3ccccc3)ccc3ccccc23)c1O. The quantitative estimate of drug-likeness (QED) is 0.255. The number of phenolic OH excluding ortho intramolecular Hbond substituents is 1. The van der Waals surface area contributed by atoms with E-state index in [9.17, 15) is 14.7 Å². The zero-order valence-electron chi connectivity index (χ0n) is 18.3. The number of hydrogen-bond acceptors (Lipinski definition) is 5. The van der Waals surface area contributed by atoms with Crippen molar-refractivity contribution in [3.63, 3.8) is 0 Å². The molecule has 34 heavy (non-hydrogen) atoms. The first-order chi connectivity index (χ1) is 16.6. The van der Waals surface area contributed by atoms with E-state index >= 15 is 0 Å². The molecule has 0 atom stereocenters. The lowest BCUT2D eigenvalue weighted by Gasteiger charge is -2.18. The van der Waals surface area contributed by atoms with E-state index in [0.717, 1.165) is 16.2 Å². The van der Waals surface area contributed by atoms with E-state index in [-0.39, 0.29) is 17.1 Å². The van der Waals surface area contributed by atoms with Crippen LogP contribution in [0.25, 0.3) is 32.7 Å². The van der Waals surface area contributed by atoms with Gasteiger partial charge in [0.05, 0.1) is 12.7 Å². The highest BCUT2D eigenvalue weighted by molar-refractivity contribution is 6.13. The second-order valence-corrected chi connectivity index (χ2v) is 7.78. The molecule has 5 rings (SSSR count). The summed E-state index contributed by atoms with van der Waals surface area (Å²) in [7, 11) is 1.27. The fraction of sp³-hybridized carbons (Fsp3) is 0.0345. The first kappa shape index (κ1) is 21.2. The molecule has 1 N–H and O–H groups in total. The summed E-state index contributed by atoms with van der Waals surface area (Å²) in [5, 5.41) is 14.4. The third kappa shape index (κ3) is 3.63. The molecule has 0 bridgehead atoms. The van der Waals surface area contributed by atoms with Gasteiger partial charge in [0.1, 0.15) is 17.1 Å². The Kier molecular flexibility index (Phi) is 5.44. The molecule has 0 unspecified atom stereocenters. The molecule has 0 saturated heterocycles. The van der Waals surface area contributed by atoms with E-state index in [1.165, 1.54) is 7.11 Å². The van der Waals surface area contributed by atoms with Crippen LogP contribution in [0, 0.1) is 0 Å². The van der Waals surface area contributed by atoms with Gasteiger partial charge in [0.2, 0.25) is 0 Å². The standard InChI is InChI=1S/C29H20O5/c1-33-29(32)23-17-20-12-6-8-14-22(20)26(27(23)30)25-21-13-7-5-9-18(21)15-16-24(25)34-28(31)19-10-3-2-4-11-19/h2-17,30H,1H3. The number of carbonyl (C=O) groups is 2. The molecular formula is C29H20O5. The summed E-state index contributed by atoms with van der Waals surface area (Å²) in [5.74, 6) is -1.15. The molecule has 166 valence electrons. The second kappa shape index (κ2) is 8.71. The Morgan fingerprint density at radius 3 is 2.00 bits per heavy atom. The number of esters is 2. The number of methoxy groups -OCH3 is 1. The van der Waals surface area contributed by atoms with E-state index in [0.29, 0.717) is 22.1 Å². The lowest BCUT2D eigenvalue weighted by molar-refractivity contribution is 0.0597. The predicted octanol–water partition coefficient (Wildman–Crippen LogP) is 6.37. The summed E-state index contributed by atoms with van der Waals surface area (Å²) in [6, 6.07) is 28.9. The molecule has 5 aromatic carbocycles. The molecule has 5 aromatic rings. The number of ether oxygens (including phenoxy) is 2. The monoisotopic (exact) mass is 448 g/mol. The van der Waals surface area contributed by atoms with E-state index in [1.807, 2.05) is 60.7 Å². The van der Waals surface area contributed by atoms with Crippen molar-refractivity contribution in [2.45, 2.75) is 0 Å². The van der Waals surface area contributed by atoms with Crippen molar-refractivity contribution in [2.75, 3.05) is 7.11 Å². The van der Waals surface area contributed by atoms with Gasteiger partial charge in [-0.05, 0) is 45.8 Å². The number of aromatic hydroxyl groups is 1. The zero-order valence-corrected chi connectivity index (χ0v) is 18.3. The Morgan fingerprint density at radius 2 is 1.29 bits per heavy atom. The zero-order chi connectivity index (χ0) is 23.7. The molecule has 0 fully saturated rings. The summed E-state index contributed by atoms with van der Waals surface area (Å²) in [6.07, 6.45) is 0. The van der Waals surface area contributed by atoms with Gasteiger partial charge in [-0.25, -0.2) is 9.59 Å². The number of benzene rings is 5. The number of carbonyl (C=O) groups excluding carboxylic acids is 2. The fourth-order valence-corrected chi connectivity index (χ4v) is 4.18. The summed E-state index contributed by atoms with van der Waals surface area (Å²) in [4.78, 5) is 25.5. The third-order valence-corrected chi connectivity index (χ3v) is 5.78. The molecule has 0 radical (unpaired) electrons.